The summed E-state index contributed by atoms with van der Waals surface area (Å²) in [6.07, 6.45) is 0.564. The molecule has 0 aliphatic rings. The molecule has 0 saturated carbocycles. The largest absolute Gasteiger partial charge is 0.447 e. The summed E-state index contributed by atoms with van der Waals surface area (Å²) in [5.74, 6) is -0.669. The fourth-order valence-corrected chi connectivity index (χ4v) is 1.73. The Balaban J connectivity index is 3.13. The fraction of sp³-hybridized carbons (Fsp3) is 0.500. The van der Waals surface area contributed by atoms with Gasteiger partial charge in [-0.1, -0.05) is 15.9 Å². The maximum absolute atomic E-state index is 11.9. The number of carbonyl (C=O) groups is 2. The van der Waals surface area contributed by atoms with Gasteiger partial charge in [-0.3, -0.25) is 0 Å². The van der Waals surface area contributed by atoms with E-state index in [-0.39, 0.29) is 5.69 Å². The van der Waals surface area contributed by atoms with Crippen LogP contribution in [0.15, 0.2) is 6.33 Å². The van der Waals surface area contributed by atoms with Crippen molar-refractivity contribution in [2.75, 3.05) is 0 Å². The predicted octanol–water partition coefficient (Wildman–Crippen LogP) is 2.51. The summed E-state index contributed by atoms with van der Waals surface area (Å²) in [5.41, 5.74) is -0.192. The minimum atomic E-state index is -0.674. The zero-order valence-corrected chi connectivity index (χ0v) is 13.0. The Bertz CT molecular complexity index is 467. The second-order valence-corrected chi connectivity index (χ2v) is 5.23. The van der Waals surface area contributed by atoms with E-state index in [2.05, 4.69) is 25.4 Å². The molecule has 1 atom stereocenters. The molecule has 0 bridgehead atoms. The predicted molar refractivity (Wildman–Crippen MR) is 71.6 cm³/mol. The van der Waals surface area contributed by atoms with Crippen LogP contribution in [0.25, 0.3) is 0 Å². The second kappa shape index (κ2) is 5.80. The number of alkyl halides is 1. The van der Waals surface area contributed by atoms with Gasteiger partial charge in [0, 0.05) is 5.33 Å². The minimum absolute atomic E-state index is 0.0520. The molecular formula is C10H14BrN2O4P. The van der Waals surface area contributed by atoms with Gasteiger partial charge >= 0.3 is 12.1 Å². The Morgan fingerprint density at radius 2 is 2.11 bits per heavy atom. The molecule has 0 radical (unpaired) electrons. The molecule has 0 fully saturated rings. The van der Waals surface area contributed by atoms with Crippen LogP contribution in [0.3, 0.4) is 0 Å². The lowest BCUT2D eigenvalue weighted by molar-refractivity contribution is 0.0514. The summed E-state index contributed by atoms with van der Waals surface area (Å²) in [6.45, 7) is 5.21. The highest BCUT2D eigenvalue weighted by Gasteiger charge is 2.26. The van der Waals surface area contributed by atoms with Crippen LogP contribution in [-0.4, -0.2) is 27.2 Å². The molecule has 8 heteroatoms. The van der Waals surface area contributed by atoms with Gasteiger partial charge < -0.3 is 9.26 Å². The molecule has 6 nitrogen and oxygen atoms in total. The summed E-state index contributed by atoms with van der Waals surface area (Å²) in [5, 5.41) is 0.331. The average molecular weight is 337 g/mol. The molecule has 0 aliphatic carbocycles. The van der Waals surface area contributed by atoms with Crippen LogP contribution in [0.2, 0.25) is 0 Å². The first-order valence-electron chi connectivity index (χ1n) is 5.06. The summed E-state index contributed by atoms with van der Waals surface area (Å²) < 4.78 is 10.8. The Labute approximate surface area is 115 Å². The lowest BCUT2D eigenvalue weighted by atomic mass is 10.2. The number of carbonyl (C=O) groups excluding carboxylic acids is 2. The Morgan fingerprint density at radius 1 is 1.50 bits per heavy atom. The van der Waals surface area contributed by atoms with Crippen molar-refractivity contribution in [2.24, 2.45) is 0 Å². The molecule has 0 saturated heterocycles. The van der Waals surface area contributed by atoms with Crippen LogP contribution >= 0.6 is 25.4 Å². The van der Waals surface area contributed by atoms with Crippen LogP contribution in [0.4, 0.5) is 4.79 Å². The second-order valence-electron chi connectivity index (χ2n) is 4.43. The lowest BCUT2D eigenvalue weighted by Gasteiger charge is -2.19. The first-order chi connectivity index (χ1) is 8.30. The minimum Gasteiger partial charge on any atom is -0.447 e. The van der Waals surface area contributed by atoms with E-state index in [4.69, 9.17) is 4.74 Å². The van der Waals surface area contributed by atoms with Gasteiger partial charge in [-0.15, -0.1) is 0 Å². The van der Waals surface area contributed by atoms with Crippen LogP contribution in [0.5, 0.6) is 0 Å². The molecule has 0 spiro atoms. The van der Waals surface area contributed by atoms with Gasteiger partial charge in [-0.25, -0.2) is 19.1 Å². The SMILES string of the molecule is CC(C)(C)OC(=O)n1cnc(CBr)c1C(=O)OP. The molecular weight excluding hydrogens is 323 g/mol. The van der Waals surface area contributed by atoms with E-state index in [0.29, 0.717) is 11.0 Å². The van der Waals surface area contributed by atoms with Gasteiger partial charge in [0.15, 0.2) is 5.69 Å². The van der Waals surface area contributed by atoms with E-state index in [1.54, 1.807) is 20.8 Å². The van der Waals surface area contributed by atoms with Crippen molar-refractivity contribution >= 4 is 37.5 Å². The molecule has 0 N–H and O–H groups in total. The van der Waals surface area contributed by atoms with E-state index in [1.165, 1.54) is 6.33 Å². The van der Waals surface area contributed by atoms with Crippen molar-refractivity contribution in [1.82, 2.24) is 9.55 Å². The number of ether oxygens (including phenoxy) is 1. The molecule has 18 heavy (non-hydrogen) atoms. The Morgan fingerprint density at radius 3 is 2.56 bits per heavy atom. The van der Waals surface area contributed by atoms with E-state index in [1.807, 2.05) is 9.47 Å². The normalized spacial score (nSPS) is 11.2. The molecule has 1 heterocycles. The maximum atomic E-state index is 11.9. The summed E-state index contributed by atoms with van der Waals surface area (Å²) in [4.78, 5) is 27.5. The number of nitrogens with zero attached hydrogens (tertiary/aromatic N) is 2. The van der Waals surface area contributed by atoms with Crippen molar-refractivity contribution in [2.45, 2.75) is 31.7 Å². The standard InChI is InChI=1S/C10H14BrN2O4P/c1-10(2,3)16-9(15)13-5-12-6(4-11)7(13)8(14)17-18/h5H,4,18H2,1-3H3. The number of imidazole rings is 1. The Hall–Kier alpha value is -0.940. The van der Waals surface area contributed by atoms with Crippen molar-refractivity contribution < 1.29 is 18.8 Å². The zero-order chi connectivity index (χ0) is 13.9. The summed E-state index contributed by atoms with van der Waals surface area (Å²) >= 11 is 3.19. The molecule has 0 amide bonds. The Kier molecular flexibility index (Phi) is 4.87. The summed E-state index contributed by atoms with van der Waals surface area (Å²) in [7, 11) is 1.84. The maximum Gasteiger partial charge on any atom is 0.420 e. The van der Waals surface area contributed by atoms with Crippen LogP contribution in [0, 0.1) is 0 Å². The zero-order valence-electron chi connectivity index (χ0n) is 10.3. The highest BCUT2D eigenvalue weighted by molar-refractivity contribution is 9.08. The van der Waals surface area contributed by atoms with Crippen molar-refractivity contribution in [3.8, 4) is 0 Å². The molecule has 0 aromatic carbocycles. The first-order valence-corrected chi connectivity index (χ1v) is 6.66. The van der Waals surface area contributed by atoms with Gasteiger partial charge in [-0.2, -0.15) is 0 Å². The number of hydrogen-bond donors (Lipinski definition) is 0. The highest BCUT2D eigenvalue weighted by atomic mass is 79.9. The van der Waals surface area contributed by atoms with Crippen molar-refractivity contribution in [3.05, 3.63) is 17.7 Å². The smallest absolute Gasteiger partial charge is 0.420 e. The summed E-state index contributed by atoms with van der Waals surface area (Å²) in [6, 6.07) is 0. The number of rotatable bonds is 2. The first kappa shape index (κ1) is 15.1. The van der Waals surface area contributed by atoms with E-state index >= 15 is 0 Å². The van der Waals surface area contributed by atoms with Gasteiger partial charge in [0.25, 0.3) is 0 Å². The third-order valence-corrected chi connectivity index (χ3v) is 2.61. The highest BCUT2D eigenvalue weighted by Crippen LogP contribution is 2.16. The van der Waals surface area contributed by atoms with Gasteiger partial charge in [-0.05, 0) is 20.8 Å². The molecule has 0 aliphatic heterocycles. The van der Waals surface area contributed by atoms with Crippen LogP contribution in [-0.2, 0) is 14.6 Å². The van der Waals surface area contributed by atoms with Gasteiger partial charge in [0.05, 0.1) is 15.2 Å². The molecule has 100 valence electrons. The number of aromatic nitrogens is 2. The van der Waals surface area contributed by atoms with E-state index in [0.717, 1.165) is 4.57 Å². The number of hydrogen-bond acceptors (Lipinski definition) is 5. The topological polar surface area (TPSA) is 70.4 Å². The molecule has 1 aromatic rings. The average Bonchev–Trinajstić information content (AvgIpc) is 2.69. The molecule has 1 unspecified atom stereocenters. The van der Waals surface area contributed by atoms with Gasteiger partial charge in [0.2, 0.25) is 0 Å². The van der Waals surface area contributed by atoms with E-state index < -0.39 is 17.7 Å². The van der Waals surface area contributed by atoms with Crippen molar-refractivity contribution in [1.29, 1.82) is 0 Å². The molecule has 1 aromatic heterocycles. The lowest BCUT2D eigenvalue weighted by Crippen LogP contribution is -2.28. The van der Waals surface area contributed by atoms with Crippen LogP contribution < -0.4 is 0 Å². The van der Waals surface area contributed by atoms with Crippen LogP contribution in [0.1, 0.15) is 37.0 Å². The third-order valence-electron chi connectivity index (χ3n) is 1.86. The third kappa shape index (κ3) is 3.53. The van der Waals surface area contributed by atoms with Crippen molar-refractivity contribution in [3.63, 3.8) is 0 Å². The molecule has 1 rings (SSSR count). The monoisotopic (exact) mass is 336 g/mol. The quantitative estimate of drug-likeness (QED) is 0.613. The van der Waals surface area contributed by atoms with E-state index in [9.17, 15) is 9.59 Å². The van der Waals surface area contributed by atoms with Gasteiger partial charge in [0.1, 0.15) is 11.9 Å². The number of halogens is 1. The fourth-order valence-electron chi connectivity index (χ4n) is 1.20.